The Balaban J connectivity index is 1.92. The van der Waals surface area contributed by atoms with Crippen LogP contribution in [0.5, 0.6) is 0 Å². The molecule has 0 atom stereocenters. The van der Waals surface area contributed by atoms with E-state index in [2.05, 4.69) is 49.2 Å². The van der Waals surface area contributed by atoms with Gasteiger partial charge in [-0.3, -0.25) is 0 Å². The summed E-state index contributed by atoms with van der Waals surface area (Å²) in [6.45, 7) is 4.15. The van der Waals surface area contributed by atoms with Crippen LogP contribution < -0.4 is 0 Å². The fraction of sp³-hybridized carbons (Fsp3) is 0.188. The van der Waals surface area contributed by atoms with E-state index in [0.29, 0.717) is 0 Å². The highest BCUT2D eigenvalue weighted by Gasteiger charge is 2.06. The summed E-state index contributed by atoms with van der Waals surface area (Å²) in [5, 5.41) is 0. The number of hydrogen-bond donors (Lipinski definition) is 0. The van der Waals surface area contributed by atoms with E-state index < -0.39 is 0 Å². The predicted octanol–water partition coefficient (Wildman–Crippen LogP) is 4.04. The molecule has 0 saturated heterocycles. The van der Waals surface area contributed by atoms with E-state index >= 15 is 0 Å². The maximum Gasteiger partial charge on any atom is 0.199 e. The van der Waals surface area contributed by atoms with Crippen molar-refractivity contribution in [2.45, 2.75) is 20.3 Å². The first-order valence-electron chi connectivity index (χ1n) is 6.12. The summed E-state index contributed by atoms with van der Waals surface area (Å²) in [7, 11) is 0. The average molecular weight is 237 g/mol. The van der Waals surface area contributed by atoms with Crippen molar-refractivity contribution >= 4 is 11.1 Å². The fourth-order valence-corrected chi connectivity index (χ4v) is 2.04. The quantitative estimate of drug-likeness (QED) is 0.672. The first-order valence-corrected chi connectivity index (χ1v) is 6.12. The monoisotopic (exact) mass is 237 g/mol. The second kappa shape index (κ2) is 4.30. The standard InChI is InChI=1S/C16H15NO/c1-11-3-6-13(7-4-11)10-16-17-14-8-5-12(2)9-15(14)18-16/h3-9H,10H2,1-2H3. The highest BCUT2D eigenvalue weighted by atomic mass is 16.3. The van der Waals surface area contributed by atoms with Gasteiger partial charge in [0.15, 0.2) is 11.5 Å². The molecule has 1 aromatic heterocycles. The van der Waals surface area contributed by atoms with Crippen molar-refractivity contribution < 1.29 is 4.42 Å². The first kappa shape index (κ1) is 11.0. The minimum absolute atomic E-state index is 0.744. The van der Waals surface area contributed by atoms with E-state index in [9.17, 15) is 0 Å². The Kier molecular flexibility index (Phi) is 2.63. The van der Waals surface area contributed by atoms with Gasteiger partial charge in [-0.15, -0.1) is 0 Å². The van der Waals surface area contributed by atoms with Gasteiger partial charge in [-0.25, -0.2) is 4.98 Å². The third-order valence-corrected chi connectivity index (χ3v) is 3.06. The Labute approximate surface area is 106 Å². The number of benzene rings is 2. The van der Waals surface area contributed by atoms with E-state index in [-0.39, 0.29) is 0 Å². The molecule has 2 aromatic carbocycles. The van der Waals surface area contributed by atoms with Crippen LogP contribution in [0.2, 0.25) is 0 Å². The lowest BCUT2D eigenvalue weighted by Gasteiger charge is -1.97. The van der Waals surface area contributed by atoms with Crippen LogP contribution in [0, 0.1) is 13.8 Å². The van der Waals surface area contributed by atoms with Crippen LogP contribution in [0.3, 0.4) is 0 Å². The Bertz CT molecular complexity index is 680. The molecule has 0 saturated carbocycles. The summed E-state index contributed by atoms with van der Waals surface area (Å²) in [5.41, 5.74) is 5.50. The van der Waals surface area contributed by atoms with Gasteiger partial charge in [0.2, 0.25) is 0 Å². The van der Waals surface area contributed by atoms with Gasteiger partial charge in [0.05, 0.1) is 0 Å². The molecule has 0 amide bonds. The molecule has 0 fully saturated rings. The molecule has 2 nitrogen and oxygen atoms in total. The van der Waals surface area contributed by atoms with Gasteiger partial charge < -0.3 is 4.42 Å². The number of hydrogen-bond acceptors (Lipinski definition) is 2. The zero-order valence-corrected chi connectivity index (χ0v) is 10.6. The molecule has 2 heteroatoms. The highest BCUT2D eigenvalue weighted by molar-refractivity contribution is 5.73. The molecule has 0 aliphatic heterocycles. The van der Waals surface area contributed by atoms with E-state index in [1.165, 1.54) is 16.7 Å². The Morgan fingerprint density at radius 1 is 0.944 bits per heavy atom. The van der Waals surface area contributed by atoms with Gasteiger partial charge in [-0.05, 0) is 37.1 Å². The van der Waals surface area contributed by atoms with Crippen LogP contribution >= 0.6 is 0 Å². The summed E-state index contributed by atoms with van der Waals surface area (Å²) in [4.78, 5) is 4.50. The molecule has 0 bridgehead atoms. The van der Waals surface area contributed by atoms with Gasteiger partial charge in [-0.2, -0.15) is 0 Å². The topological polar surface area (TPSA) is 26.0 Å². The van der Waals surface area contributed by atoms with Crippen molar-refractivity contribution in [2.75, 3.05) is 0 Å². The van der Waals surface area contributed by atoms with Crippen LogP contribution in [0.15, 0.2) is 46.9 Å². The molecule has 0 radical (unpaired) electrons. The minimum Gasteiger partial charge on any atom is -0.440 e. The lowest BCUT2D eigenvalue weighted by molar-refractivity contribution is 0.544. The second-order valence-corrected chi connectivity index (χ2v) is 4.74. The Morgan fingerprint density at radius 2 is 1.67 bits per heavy atom. The van der Waals surface area contributed by atoms with E-state index in [1.807, 2.05) is 12.1 Å². The lowest BCUT2D eigenvalue weighted by Crippen LogP contribution is -1.87. The molecule has 0 unspecified atom stereocenters. The summed E-state index contributed by atoms with van der Waals surface area (Å²) in [6.07, 6.45) is 0.744. The third-order valence-electron chi connectivity index (χ3n) is 3.06. The van der Waals surface area contributed by atoms with Crippen molar-refractivity contribution in [2.24, 2.45) is 0 Å². The van der Waals surface area contributed by atoms with Crippen molar-refractivity contribution in [1.82, 2.24) is 4.98 Å². The summed E-state index contributed by atoms with van der Waals surface area (Å²) >= 11 is 0. The van der Waals surface area contributed by atoms with Gasteiger partial charge in [-0.1, -0.05) is 35.9 Å². The van der Waals surface area contributed by atoms with Crippen LogP contribution in [-0.2, 0) is 6.42 Å². The molecule has 0 aliphatic rings. The van der Waals surface area contributed by atoms with Gasteiger partial charge >= 0.3 is 0 Å². The van der Waals surface area contributed by atoms with Gasteiger partial charge in [0, 0.05) is 6.42 Å². The predicted molar refractivity (Wildman–Crippen MR) is 72.7 cm³/mol. The van der Waals surface area contributed by atoms with Crippen LogP contribution in [-0.4, -0.2) is 4.98 Å². The van der Waals surface area contributed by atoms with E-state index in [1.54, 1.807) is 0 Å². The van der Waals surface area contributed by atoms with Crippen LogP contribution in [0.4, 0.5) is 0 Å². The Hall–Kier alpha value is -2.09. The SMILES string of the molecule is Cc1ccc(Cc2nc3ccc(C)cc3o2)cc1. The molecular weight excluding hydrogens is 222 g/mol. The molecule has 3 aromatic rings. The number of aromatic nitrogens is 1. The zero-order valence-electron chi connectivity index (χ0n) is 10.6. The second-order valence-electron chi connectivity index (χ2n) is 4.74. The van der Waals surface area contributed by atoms with Crippen molar-refractivity contribution in [1.29, 1.82) is 0 Å². The molecule has 18 heavy (non-hydrogen) atoms. The van der Waals surface area contributed by atoms with Gasteiger partial charge in [0.25, 0.3) is 0 Å². The molecule has 0 spiro atoms. The number of rotatable bonds is 2. The fourth-order valence-electron chi connectivity index (χ4n) is 2.04. The molecular formula is C16H15NO. The smallest absolute Gasteiger partial charge is 0.199 e. The number of aryl methyl sites for hydroxylation is 2. The van der Waals surface area contributed by atoms with Crippen molar-refractivity contribution in [3.8, 4) is 0 Å². The molecule has 90 valence electrons. The number of oxazole rings is 1. The largest absolute Gasteiger partial charge is 0.440 e. The van der Waals surface area contributed by atoms with E-state index in [0.717, 1.165) is 23.4 Å². The van der Waals surface area contributed by atoms with Crippen LogP contribution in [0.25, 0.3) is 11.1 Å². The number of nitrogens with zero attached hydrogens (tertiary/aromatic N) is 1. The average Bonchev–Trinajstić information content (AvgIpc) is 2.73. The van der Waals surface area contributed by atoms with Crippen LogP contribution in [0.1, 0.15) is 22.6 Å². The molecule has 0 aliphatic carbocycles. The van der Waals surface area contributed by atoms with E-state index in [4.69, 9.17) is 4.42 Å². The maximum atomic E-state index is 5.77. The summed E-state index contributed by atoms with van der Waals surface area (Å²) in [6, 6.07) is 14.6. The molecule has 3 rings (SSSR count). The zero-order chi connectivity index (χ0) is 12.5. The maximum absolute atomic E-state index is 5.77. The Morgan fingerprint density at radius 3 is 2.44 bits per heavy atom. The third kappa shape index (κ3) is 2.14. The summed E-state index contributed by atoms with van der Waals surface area (Å²) < 4.78 is 5.77. The minimum atomic E-state index is 0.744. The van der Waals surface area contributed by atoms with Crippen molar-refractivity contribution in [3.63, 3.8) is 0 Å². The number of fused-ring (bicyclic) bond motifs is 1. The first-order chi connectivity index (χ1) is 8.70. The van der Waals surface area contributed by atoms with Crippen molar-refractivity contribution in [3.05, 3.63) is 65.0 Å². The molecule has 0 N–H and O–H groups in total. The molecule has 1 heterocycles. The summed E-state index contributed by atoms with van der Waals surface area (Å²) in [5.74, 6) is 0.777. The lowest BCUT2D eigenvalue weighted by atomic mass is 10.1. The van der Waals surface area contributed by atoms with Gasteiger partial charge in [0.1, 0.15) is 5.52 Å². The normalized spacial score (nSPS) is 11.0. The highest BCUT2D eigenvalue weighted by Crippen LogP contribution is 2.19.